The van der Waals surface area contributed by atoms with Gasteiger partial charge in [-0.25, -0.2) is 0 Å². The molecule has 0 atom stereocenters. The number of carbonyl (C=O) groups excluding carboxylic acids is 1. The molecule has 0 saturated carbocycles. The van der Waals surface area contributed by atoms with Gasteiger partial charge in [-0.15, -0.1) is 0 Å². The summed E-state index contributed by atoms with van der Waals surface area (Å²) in [5, 5.41) is 0.169. The number of amides is 1. The van der Waals surface area contributed by atoms with E-state index >= 15 is 0 Å². The van der Waals surface area contributed by atoms with E-state index in [1.54, 1.807) is 11.0 Å². The lowest BCUT2D eigenvalue weighted by molar-refractivity contribution is 0.0745. The second-order valence-electron chi connectivity index (χ2n) is 3.85. The van der Waals surface area contributed by atoms with E-state index in [0.29, 0.717) is 18.0 Å². The van der Waals surface area contributed by atoms with Crippen LogP contribution >= 0.6 is 11.6 Å². The van der Waals surface area contributed by atoms with Gasteiger partial charge in [0.2, 0.25) is 5.22 Å². The van der Waals surface area contributed by atoms with Gasteiger partial charge >= 0.3 is 0 Å². The number of nitrogens with zero attached hydrogens (tertiary/aromatic N) is 1. The molecule has 1 aromatic heterocycles. The fourth-order valence-electron chi connectivity index (χ4n) is 1.41. The average Bonchev–Trinajstić information content (AvgIpc) is 2.59. The molecule has 0 aliphatic heterocycles. The maximum atomic E-state index is 12.0. The van der Waals surface area contributed by atoms with Gasteiger partial charge in [0, 0.05) is 13.1 Å². The minimum atomic E-state index is -0.0649. The van der Waals surface area contributed by atoms with Crippen molar-refractivity contribution in [2.45, 2.75) is 20.8 Å². The summed E-state index contributed by atoms with van der Waals surface area (Å²) < 4.78 is 4.90. The smallest absolute Gasteiger partial charge is 0.258 e. The van der Waals surface area contributed by atoms with Crippen LogP contribution in [0, 0.1) is 5.92 Å². The van der Waals surface area contributed by atoms with Crippen LogP contribution in [0.15, 0.2) is 16.7 Å². The van der Waals surface area contributed by atoms with Crippen molar-refractivity contribution in [2.24, 2.45) is 5.92 Å². The maximum absolute atomic E-state index is 12.0. The molecule has 4 heteroatoms. The Hall–Kier alpha value is -0.960. The van der Waals surface area contributed by atoms with Crippen molar-refractivity contribution >= 4 is 17.5 Å². The van der Waals surface area contributed by atoms with Crippen molar-refractivity contribution in [1.29, 1.82) is 0 Å². The summed E-state index contributed by atoms with van der Waals surface area (Å²) in [6.07, 6.45) is 1.43. The quantitative estimate of drug-likeness (QED) is 0.795. The first kappa shape index (κ1) is 12.1. The first-order chi connectivity index (χ1) is 7.06. The van der Waals surface area contributed by atoms with Crippen molar-refractivity contribution in [2.75, 3.05) is 13.1 Å². The molecule has 0 aliphatic rings. The van der Waals surface area contributed by atoms with Crippen LogP contribution in [-0.2, 0) is 0 Å². The molecule has 0 fully saturated rings. The highest BCUT2D eigenvalue weighted by Crippen LogP contribution is 2.19. The molecule has 0 radical (unpaired) electrons. The fourth-order valence-corrected chi connectivity index (χ4v) is 1.61. The van der Waals surface area contributed by atoms with Crippen LogP contribution in [0.25, 0.3) is 0 Å². The lowest BCUT2D eigenvalue weighted by atomic mass is 10.2. The summed E-state index contributed by atoms with van der Waals surface area (Å²) in [5.74, 6) is 0.379. The summed E-state index contributed by atoms with van der Waals surface area (Å²) in [6, 6.07) is 1.60. The maximum Gasteiger partial charge on any atom is 0.258 e. The highest BCUT2D eigenvalue weighted by Gasteiger charge is 2.19. The van der Waals surface area contributed by atoms with Gasteiger partial charge in [0.15, 0.2) is 0 Å². The molecule has 1 amide bonds. The molecule has 0 unspecified atom stereocenters. The Morgan fingerprint density at radius 2 is 2.27 bits per heavy atom. The summed E-state index contributed by atoms with van der Waals surface area (Å²) in [6.45, 7) is 7.52. The van der Waals surface area contributed by atoms with E-state index in [1.807, 2.05) is 6.92 Å². The van der Waals surface area contributed by atoms with Crippen molar-refractivity contribution in [1.82, 2.24) is 4.90 Å². The third-order valence-electron chi connectivity index (χ3n) is 2.10. The number of hydrogen-bond acceptors (Lipinski definition) is 2. The van der Waals surface area contributed by atoms with Crippen molar-refractivity contribution in [3.05, 3.63) is 23.1 Å². The molecule has 84 valence electrons. The van der Waals surface area contributed by atoms with Crippen LogP contribution in [0.4, 0.5) is 0 Å². The zero-order chi connectivity index (χ0) is 11.4. The summed E-state index contributed by atoms with van der Waals surface area (Å²) in [5.41, 5.74) is 0.444. The minimum Gasteiger partial charge on any atom is -0.452 e. The van der Waals surface area contributed by atoms with Gasteiger partial charge in [0.25, 0.3) is 5.91 Å². The minimum absolute atomic E-state index is 0.0649. The number of rotatable bonds is 4. The van der Waals surface area contributed by atoms with Gasteiger partial charge in [-0.05, 0) is 30.5 Å². The number of furan rings is 1. The van der Waals surface area contributed by atoms with E-state index in [9.17, 15) is 4.79 Å². The molecular weight excluding hydrogens is 214 g/mol. The molecule has 0 aliphatic carbocycles. The van der Waals surface area contributed by atoms with Crippen molar-refractivity contribution in [3.63, 3.8) is 0 Å². The van der Waals surface area contributed by atoms with E-state index in [2.05, 4.69) is 13.8 Å². The molecular formula is C11H16ClNO2. The second kappa shape index (κ2) is 5.21. The first-order valence-electron chi connectivity index (χ1n) is 5.08. The highest BCUT2D eigenvalue weighted by molar-refractivity contribution is 6.32. The van der Waals surface area contributed by atoms with Crippen molar-refractivity contribution in [3.8, 4) is 0 Å². The van der Waals surface area contributed by atoms with Crippen LogP contribution in [0.3, 0.4) is 0 Å². The number of hydrogen-bond donors (Lipinski definition) is 0. The Labute approximate surface area is 95.0 Å². The van der Waals surface area contributed by atoms with Gasteiger partial charge in [-0.1, -0.05) is 13.8 Å². The molecule has 1 heterocycles. The van der Waals surface area contributed by atoms with Crippen LogP contribution < -0.4 is 0 Å². The van der Waals surface area contributed by atoms with E-state index < -0.39 is 0 Å². The van der Waals surface area contributed by atoms with Crippen molar-refractivity contribution < 1.29 is 9.21 Å². The van der Waals surface area contributed by atoms with Crippen LogP contribution in [0.5, 0.6) is 0 Å². The topological polar surface area (TPSA) is 33.5 Å². The van der Waals surface area contributed by atoms with E-state index in [-0.39, 0.29) is 11.1 Å². The van der Waals surface area contributed by atoms with E-state index in [1.165, 1.54) is 6.26 Å². The fraction of sp³-hybridized carbons (Fsp3) is 0.545. The second-order valence-corrected chi connectivity index (χ2v) is 4.19. The van der Waals surface area contributed by atoms with Crippen LogP contribution in [0.1, 0.15) is 31.1 Å². The Bertz CT molecular complexity index is 333. The van der Waals surface area contributed by atoms with Gasteiger partial charge in [-0.3, -0.25) is 4.79 Å². The Morgan fingerprint density at radius 3 is 2.67 bits per heavy atom. The Morgan fingerprint density at radius 1 is 1.60 bits per heavy atom. The van der Waals surface area contributed by atoms with Crippen LogP contribution in [-0.4, -0.2) is 23.9 Å². The standard InChI is InChI=1S/C11H16ClNO2/c1-4-13(7-8(2)3)11(14)9-5-6-15-10(9)12/h5-6,8H,4,7H2,1-3H3. The number of carbonyl (C=O) groups is 1. The SMILES string of the molecule is CCN(CC(C)C)C(=O)c1ccoc1Cl. The van der Waals surface area contributed by atoms with Gasteiger partial charge in [-0.2, -0.15) is 0 Å². The van der Waals surface area contributed by atoms with E-state index in [0.717, 1.165) is 6.54 Å². The Kier molecular flexibility index (Phi) is 4.21. The molecule has 15 heavy (non-hydrogen) atoms. The lowest BCUT2D eigenvalue weighted by Crippen LogP contribution is -2.33. The largest absolute Gasteiger partial charge is 0.452 e. The predicted molar refractivity (Wildman–Crippen MR) is 60.1 cm³/mol. The zero-order valence-corrected chi connectivity index (χ0v) is 10.0. The summed E-state index contributed by atoms with van der Waals surface area (Å²) in [4.78, 5) is 13.7. The molecule has 0 bridgehead atoms. The Balaban J connectivity index is 2.78. The normalized spacial score (nSPS) is 10.7. The molecule has 1 aromatic rings. The van der Waals surface area contributed by atoms with Gasteiger partial charge in [0.05, 0.1) is 11.8 Å². The van der Waals surface area contributed by atoms with E-state index in [4.69, 9.17) is 16.0 Å². The highest BCUT2D eigenvalue weighted by atomic mass is 35.5. The molecule has 0 spiro atoms. The third-order valence-corrected chi connectivity index (χ3v) is 2.40. The van der Waals surface area contributed by atoms with Gasteiger partial charge < -0.3 is 9.32 Å². The molecule has 3 nitrogen and oxygen atoms in total. The molecule has 0 aromatic carbocycles. The third kappa shape index (κ3) is 2.99. The number of halogens is 1. The summed E-state index contributed by atoms with van der Waals surface area (Å²) >= 11 is 5.76. The summed E-state index contributed by atoms with van der Waals surface area (Å²) in [7, 11) is 0. The average molecular weight is 230 g/mol. The first-order valence-corrected chi connectivity index (χ1v) is 5.46. The zero-order valence-electron chi connectivity index (χ0n) is 9.29. The monoisotopic (exact) mass is 229 g/mol. The molecule has 1 rings (SSSR count). The van der Waals surface area contributed by atoms with Gasteiger partial charge in [0.1, 0.15) is 0 Å². The predicted octanol–water partition coefficient (Wildman–Crippen LogP) is 3.05. The van der Waals surface area contributed by atoms with Crippen LogP contribution in [0.2, 0.25) is 5.22 Å². The molecule has 0 N–H and O–H groups in total. The lowest BCUT2D eigenvalue weighted by Gasteiger charge is -2.22. The molecule has 0 saturated heterocycles.